The monoisotopic (exact) mass is 279 g/mol. The third kappa shape index (κ3) is 4.06. The van der Waals surface area contributed by atoms with Gasteiger partial charge in [-0.15, -0.1) is 0 Å². The van der Waals surface area contributed by atoms with Gasteiger partial charge in [0.25, 0.3) is 0 Å². The van der Waals surface area contributed by atoms with E-state index in [0.29, 0.717) is 6.54 Å². The van der Waals surface area contributed by atoms with Gasteiger partial charge in [-0.25, -0.2) is 0 Å². The van der Waals surface area contributed by atoms with Crippen molar-refractivity contribution in [2.45, 2.75) is 32.5 Å². The highest BCUT2D eigenvalue weighted by molar-refractivity contribution is 5.79. The smallest absolute Gasteiger partial charge is 0.322 e. The third-order valence-electron chi connectivity index (χ3n) is 3.29. The van der Waals surface area contributed by atoms with E-state index in [1.165, 1.54) is 14.2 Å². The second-order valence-corrected chi connectivity index (χ2v) is 4.56. The van der Waals surface area contributed by atoms with Crippen LogP contribution in [0.25, 0.3) is 0 Å². The first-order valence-electron chi connectivity index (χ1n) is 6.46. The fourth-order valence-electron chi connectivity index (χ4n) is 2.02. The van der Waals surface area contributed by atoms with E-state index in [9.17, 15) is 9.59 Å². The van der Waals surface area contributed by atoms with E-state index in [2.05, 4.69) is 0 Å². The van der Waals surface area contributed by atoms with Crippen molar-refractivity contribution in [2.75, 3.05) is 14.2 Å². The maximum atomic E-state index is 11.7. The second-order valence-electron chi connectivity index (χ2n) is 4.56. The summed E-state index contributed by atoms with van der Waals surface area (Å²) in [5.74, 6) is -0.756. The number of esters is 2. The van der Waals surface area contributed by atoms with Crippen molar-refractivity contribution in [3.8, 4) is 0 Å². The number of hydrogen-bond donors (Lipinski definition) is 0. The molecule has 0 spiro atoms. The SMILES string of the molecule is COC(=O)[C@H](C)N(Cc1ccccc1)[C@@H](C)C(=O)OC. The molecule has 0 N–H and O–H groups in total. The maximum Gasteiger partial charge on any atom is 0.322 e. The zero-order valence-electron chi connectivity index (χ0n) is 12.3. The van der Waals surface area contributed by atoms with Gasteiger partial charge in [-0.2, -0.15) is 0 Å². The molecule has 0 unspecified atom stereocenters. The van der Waals surface area contributed by atoms with Gasteiger partial charge >= 0.3 is 11.9 Å². The van der Waals surface area contributed by atoms with Crippen LogP contribution in [0.5, 0.6) is 0 Å². The van der Waals surface area contributed by atoms with Gasteiger partial charge < -0.3 is 9.47 Å². The van der Waals surface area contributed by atoms with Gasteiger partial charge in [0.05, 0.1) is 14.2 Å². The molecule has 1 aromatic rings. The van der Waals surface area contributed by atoms with Crippen molar-refractivity contribution in [3.05, 3.63) is 35.9 Å². The predicted octanol–water partition coefficient (Wildman–Crippen LogP) is 1.61. The number of carbonyl (C=O) groups is 2. The van der Waals surface area contributed by atoms with Crippen LogP contribution in [0.15, 0.2) is 30.3 Å². The van der Waals surface area contributed by atoms with Crippen molar-refractivity contribution in [2.24, 2.45) is 0 Å². The number of methoxy groups -OCH3 is 2. The molecule has 0 aliphatic heterocycles. The van der Waals surface area contributed by atoms with Crippen LogP contribution in [0.4, 0.5) is 0 Å². The molecule has 0 fully saturated rings. The summed E-state index contributed by atoms with van der Waals surface area (Å²) < 4.78 is 9.52. The first-order chi connectivity index (χ1) is 9.51. The first-order valence-corrected chi connectivity index (χ1v) is 6.46. The zero-order chi connectivity index (χ0) is 15.1. The summed E-state index contributed by atoms with van der Waals surface area (Å²) in [6.45, 7) is 3.90. The predicted molar refractivity (Wildman–Crippen MR) is 74.9 cm³/mol. The average molecular weight is 279 g/mol. The maximum absolute atomic E-state index is 11.7. The van der Waals surface area contributed by atoms with E-state index in [4.69, 9.17) is 9.47 Å². The molecule has 0 aliphatic carbocycles. The van der Waals surface area contributed by atoms with Crippen LogP contribution >= 0.6 is 0 Å². The van der Waals surface area contributed by atoms with Gasteiger partial charge in [0.15, 0.2) is 0 Å². The molecule has 0 saturated heterocycles. The molecule has 0 amide bonds. The number of carbonyl (C=O) groups excluding carboxylic acids is 2. The van der Waals surface area contributed by atoms with E-state index in [1.807, 2.05) is 30.3 Å². The molecule has 5 heteroatoms. The van der Waals surface area contributed by atoms with Crippen molar-refractivity contribution >= 4 is 11.9 Å². The molecule has 0 radical (unpaired) electrons. The van der Waals surface area contributed by atoms with Crippen LogP contribution in [0, 0.1) is 0 Å². The molecule has 0 aliphatic rings. The summed E-state index contributed by atoms with van der Waals surface area (Å²) in [6, 6.07) is 8.57. The lowest BCUT2D eigenvalue weighted by Gasteiger charge is -2.31. The summed E-state index contributed by atoms with van der Waals surface area (Å²) in [5, 5.41) is 0. The number of nitrogens with zero attached hydrogens (tertiary/aromatic N) is 1. The van der Waals surface area contributed by atoms with Crippen LogP contribution in [0.1, 0.15) is 19.4 Å². The number of benzene rings is 1. The molecule has 1 rings (SSSR count). The van der Waals surface area contributed by atoms with Gasteiger partial charge in [0, 0.05) is 6.54 Å². The standard InChI is InChI=1S/C15H21NO4/c1-11(14(17)19-3)16(12(2)15(18)20-4)10-13-8-6-5-7-9-13/h5-9,11-12H,10H2,1-4H3/t11-,12-/m0/s1. The Hall–Kier alpha value is -1.88. The highest BCUT2D eigenvalue weighted by atomic mass is 16.5. The van der Waals surface area contributed by atoms with Crippen molar-refractivity contribution in [3.63, 3.8) is 0 Å². The molecule has 0 heterocycles. The lowest BCUT2D eigenvalue weighted by atomic mass is 10.1. The molecular formula is C15H21NO4. The minimum Gasteiger partial charge on any atom is -0.468 e. The Morgan fingerprint density at radius 3 is 1.85 bits per heavy atom. The Kier molecular flexibility index (Phi) is 6.18. The second kappa shape index (κ2) is 7.65. The largest absolute Gasteiger partial charge is 0.468 e. The average Bonchev–Trinajstić information content (AvgIpc) is 2.50. The van der Waals surface area contributed by atoms with Gasteiger partial charge in [-0.3, -0.25) is 14.5 Å². The highest BCUT2D eigenvalue weighted by Gasteiger charge is 2.30. The summed E-state index contributed by atoms with van der Waals surface area (Å²) in [7, 11) is 2.67. The fourth-order valence-corrected chi connectivity index (χ4v) is 2.02. The quantitative estimate of drug-likeness (QED) is 0.741. The lowest BCUT2D eigenvalue weighted by molar-refractivity contribution is -0.153. The van der Waals surface area contributed by atoms with Crippen LogP contribution in [0.2, 0.25) is 0 Å². The Labute approximate surface area is 119 Å². The minimum atomic E-state index is -0.533. The normalized spacial score (nSPS) is 13.7. The van der Waals surface area contributed by atoms with Crippen LogP contribution in [-0.2, 0) is 25.6 Å². The van der Waals surface area contributed by atoms with Gasteiger partial charge in [0.2, 0.25) is 0 Å². The van der Waals surface area contributed by atoms with Gasteiger partial charge in [-0.05, 0) is 19.4 Å². The van der Waals surface area contributed by atoms with Gasteiger partial charge in [0.1, 0.15) is 12.1 Å². The minimum absolute atomic E-state index is 0.378. The van der Waals surface area contributed by atoms with Crippen LogP contribution in [-0.4, -0.2) is 43.1 Å². The fraction of sp³-hybridized carbons (Fsp3) is 0.467. The molecule has 110 valence electrons. The van der Waals surface area contributed by atoms with E-state index in [1.54, 1.807) is 18.7 Å². The lowest BCUT2D eigenvalue weighted by Crippen LogP contribution is -2.48. The van der Waals surface area contributed by atoms with Crippen LogP contribution < -0.4 is 0 Å². The van der Waals surface area contributed by atoms with E-state index < -0.39 is 12.1 Å². The molecule has 20 heavy (non-hydrogen) atoms. The Balaban J connectivity index is 2.95. The van der Waals surface area contributed by atoms with E-state index in [0.717, 1.165) is 5.56 Å². The summed E-state index contributed by atoms with van der Waals surface area (Å²) in [4.78, 5) is 25.2. The summed E-state index contributed by atoms with van der Waals surface area (Å²) in [6.07, 6.45) is 0. The highest BCUT2D eigenvalue weighted by Crippen LogP contribution is 2.14. The van der Waals surface area contributed by atoms with Gasteiger partial charge in [-0.1, -0.05) is 30.3 Å². The van der Waals surface area contributed by atoms with Crippen molar-refractivity contribution in [1.29, 1.82) is 0 Å². The molecule has 2 atom stereocenters. The number of ether oxygens (including phenoxy) is 2. The van der Waals surface area contributed by atoms with Crippen molar-refractivity contribution in [1.82, 2.24) is 4.90 Å². The Morgan fingerprint density at radius 1 is 1.00 bits per heavy atom. The summed E-state index contributed by atoms with van der Waals surface area (Å²) in [5.41, 5.74) is 1.01. The third-order valence-corrected chi connectivity index (χ3v) is 3.29. The molecule has 5 nitrogen and oxygen atoms in total. The number of rotatable bonds is 6. The molecule has 0 bridgehead atoms. The Morgan fingerprint density at radius 2 is 1.45 bits per heavy atom. The van der Waals surface area contributed by atoms with Crippen LogP contribution in [0.3, 0.4) is 0 Å². The first kappa shape index (κ1) is 16.2. The van der Waals surface area contributed by atoms with E-state index in [-0.39, 0.29) is 11.9 Å². The topological polar surface area (TPSA) is 55.8 Å². The summed E-state index contributed by atoms with van der Waals surface area (Å²) >= 11 is 0. The number of hydrogen-bond acceptors (Lipinski definition) is 5. The molecule has 1 aromatic carbocycles. The molecule has 0 saturated carbocycles. The van der Waals surface area contributed by atoms with E-state index >= 15 is 0 Å². The zero-order valence-corrected chi connectivity index (χ0v) is 12.3. The molecule has 0 aromatic heterocycles. The molecular weight excluding hydrogens is 258 g/mol. The van der Waals surface area contributed by atoms with Crippen molar-refractivity contribution < 1.29 is 19.1 Å². The Bertz CT molecular complexity index is 424.